The van der Waals surface area contributed by atoms with E-state index in [-0.39, 0.29) is 61.3 Å². The zero-order valence-electron chi connectivity index (χ0n) is 58.9. The van der Waals surface area contributed by atoms with Crippen molar-refractivity contribution in [3.63, 3.8) is 0 Å². The number of likely N-dealkylation sites (tertiary alicyclic amines) is 2. The van der Waals surface area contributed by atoms with Crippen LogP contribution in [0.5, 0.6) is 34.5 Å². The van der Waals surface area contributed by atoms with Gasteiger partial charge in [-0.05, 0) is 155 Å². The van der Waals surface area contributed by atoms with E-state index in [0.29, 0.717) is 111 Å². The Hall–Kier alpha value is -7.74. The van der Waals surface area contributed by atoms with E-state index in [1.54, 1.807) is 134 Å². The standard InChI is InChI=1S/2C25H37NO8.C20H29NO6/c2*1-8-32-23(28)19-15-18(16(2)27)22(26(19)24(29)34-25(3,4)5)17-10-11-20(31-7)21(14-17)33-13-9-12-30-6;1-5-26-20(23)16-12-15(13(2)22)19(21-16)14-7-8-17(25-4)18(11-14)27-10-6-9-24-3/h2*10-11,14,18-19,22H,8-9,12-13,15H2,1-7H3;7-8,11,15-16,19,21H,5-6,9-10,12H2,1-4H3/t18-,19+,22?;18-,19+,22+;/m10./s1. The minimum absolute atomic E-state index is 0.0395. The van der Waals surface area contributed by atoms with Crippen molar-refractivity contribution in [1.82, 2.24) is 15.1 Å². The van der Waals surface area contributed by atoms with Gasteiger partial charge in [0.2, 0.25) is 0 Å². The molecular weight excluding hydrogens is 1230 g/mol. The van der Waals surface area contributed by atoms with Gasteiger partial charge in [-0.15, -0.1) is 0 Å². The smallest absolute Gasteiger partial charge is 0.411 e. The zero-order chi connectivity index (χ0) is 70.7. The molecule has 3 heterocycles. The second kappa shape index (κ2) is 38.7. The number of nitrogens with one attached hydrogen (secondary N) is 1. The molecule has 25 nitrogen and oxygen atoms in total. The summed E-state index contributed by atoms with van der Waals surface area (Å²) in [5.41, 5.74) is 0.584. The van der Waals surface area contributed by atoms with Crippen LogP contribution in [0.15, 0.2) is 54.6 Å². The quantitative estimate of drug-likeness (QED) is 0.0369. The molecule has 4 unspecified atom stereocenters. The molecule has 0 bridgehead atoms. The van der Waals surface area contributed by atoms with E-state index >= 15 is 0 Å². The lowest BCUT2D eigenvalue weighted by Crippen LogP contribution is -2.45. The van der Waals surface area contributed by atoms with Crippen LogP contribution in [0.1, 0.15) is 156 Å². The summed E-state index contributed by atoms with van der Waals surface area (Å²) in [5.74, 6) is 0.00451. The molecule has 3 aromatic rings. The normalized spacial score (nSPS) is 20.5. The maximum Gasteiger partial charge on any atom is 0.411 e. The molecule has 3 aliphatic rings. The Balaban J connectivity index is 0.000000306. The molecule has 95 heavy (non-hydrogen) atoms. The number of nitrogens with zero attached hydrogens (tertiary/aromatic N) is 2. The average molecular weight is 1340 g/mol. The summed E-state index contributed by atoms with van der Waals surface area (Å²) >= 11 is 0. The van der Waals surface area contributed by atoms with Crippen LogP contribution >= 0.6 is 0 Å². The number of benzene rings is 3. The fraction of sp³-hybridized carbons (Fsp3) is 0.629. The Morgan fingerprint density at radius 1 is 0.432 bits per heavy atom. The molecule has 530 valence electrons. The third-order valence-electron chi connectivity index (χ3n) is 15.6. The molecule has 0 radical (unpaired) electrons. The van der Waals surface area contributed by atoms with E-state index in [9.17, 15) is 38.4 Å². The average Bonchev–Trinajstić information content (AvgIpc) is 1.64. The van der Waals surface area contributed by atoms with Gasteiger partial charge in [0.25, 0.3) is 0 Å². The number of Topliss-reactive ketones (excluding diaryl/α,β-unsaturated/α-hetero) is 3. The van der Waals surface area contributed by atoms with Crippen molar-refractivity contribution >= 4 is 47.4 Å². The molecule has 0 saturated carbocycles. The van der Waals surface area contributed by atoms with Gasteiger partial charge >= 0.3 is 30.1 Å². The second-order valence-corrected chi connectivity index (χ2v) is 24.8. The van der Waals surface area contributed by atoms with E-state index in [0.717, 1.165) is 12.0 Å². The second-order valence-electron chi connectivity index (χ2n) is 24.8. The number of ether oxygens (including phenoxy) is 14. The molecule has 0 aliphatic carbocycles. The van der Waals surface area contributed by atoms with Gasteiger partial charge in [0.05, 0.1) is 73.1 Å². The summed E-state index contributed by atoms with van der Waals surface area (Å²) in [6.07, 6.45) is 1.47. The molecular formula is C70H103N3O22. The predicted molar refractivity (Wildman–Crippen MR) is 350 cm³/mol. The fourth-order valence-corrected chi connectivity index (χ4v) is 11.4. The highest BCUT2D eigenvalue weighted by molar-refractivity contribution is 5.89. The first-order chi connectivity index (χ1) is 45.1. The van der Waals surface area contributed by atoms with Gasteiger partial charge in [-0.25, -0.2) is 19.2 Å². The molecule has 0 aromatic heterocycles. The Bertz CT molecular complexity index is 2850. The lowest BCUT2D eigenvalue weighted by atomic mass is 9.90. The van der Waals surface area contributed by atoms with Crippen LogP contribution in [0, 0.1) is 17.8 Å². The van der Waals surface area contributed by atoms with E-state index < -0.39 is 77.4 Å². The highest BCUT2D eigenvalue weighted by Gasteiger charge is 2.53. The van der Waals surface area contributed by atoms with E-state index in [4.69, 9.17) is 66.3 Å². The largest absolute Gasteiger partial charge is 0.493 e. The third kappa shape index (κ3) is 23.3. The van der Waals surface area contributed by atoms with Crippen LogP contribution in [-0.4, -0.2) is 189 Å². The SMILES string of the molecule is CCOC(=O)C1CC(C(C)=O)C(c2ccc(OC)c(OCCCOC)c2)N1.CCOC(=O)[C@@H]1C[C@H](C(C)=O)C(c2ccc(OC)c(OCCCOC)c2)N1C(=O)OC(C)(C)C.CCOC(=O)[C@H]1C[C@@H](C(C)=O)[C@@H](c2ccc(OC)c(OCCCOC)c2)N1C(=O)OC(C)(C)C. The lowest BCUT2D eigenvalue weighted by molar-refractivity contribution is -0.149. The molecule has 3 saturated heterocycles. The van der Waals surface area contributed by atoms with Crippen LogP contribution < -0.4 is 33.7 Å². The minimum Gasteiger partial charge on any atom is -0.493 e. The van der Waals surface area contributed by atoms with Crippen molar-refractivity contribution in [2.45, 2.75) is 169 Å². The van der Waals surface area contributed by atoms with Crippen molar-refractivity contribution in [3.05, 3.63) is 71.3 Å². The molecule has 2 amide bonds. The Morgan fingerprint density at radius 3 is 1.06 bits per heavy atom. The molecule has 25 heteroatoms. The molecule has 3 aliphatic heterocycles. The molecule has 3 aromatic carbocycles. The number of amides is 2. The summed E-state index contributed by atoms with van der Waals surface area (Å²) in [5, 5.41) is 3.25. The Labute approximate surface area is 559 Å². The van der Waals surface area contributed by atoms with Gasteiger partial charge < -0.3 is 66.3 Å². The molecule has 0 spiro atoms. The first kappa shape index (κ1) is 79.7. The van der Waals surface area contributed by atoms with Crippen molar-refractivity contribution < 1.29 is 105 Å². The van der Waals surface area contributed by atoms with Crippen LogP contribution in [0.25, 0.3) is 0 Å². The number of rotatable bonds is 30. The monoisotopic (exact) mass is 1340 g/mol. The topological polar surface area (TPSA) is 284 Å². The van der Waals surface area contributed by atoms with Crippen molar-refractivity contribution in [1.29, 1.82) is 0 Å². The fourth-order valence-electron chi connectivity index (χ4n) is 11.4. The zero-order valence-corrected chi connectivity index (χ0v) is 58.9. The van der Waals surface area contributed by atoms with Gasteiger partial charge in [-0.1, -0.05) is 18.2 Å². The van der Waals surface area contributed by atoms with E-state index in [2.05, 4.69) is 5.32 Å². The number of carbonyl (C=O) groups is 8. The number of ketones is 3. The van der Waals surface area contributed by atoms with Crippen molar-refractivity contribution in [3.8, 4) is 34.5 Å². The minimum atomic E-state index is -0.943. The number of carbonyl (C=O) groups excluding carboxylic acids is 8. The van der Waals surface area contributed by atoms with Crippen LogP contribution in [0.3, 0.4) is 0 Å². The van der Waals surface area contributed by atoms with Gasteiger partial charge in [0.15, 0.2) is 34.5 Å². The van der Waals surface area contributed by atoms with Crippen molar-refractivity contribution in [2.75, 3.05) is 102 Å². The number of hydrogen-bond acceptors (Lipinski definition) is 23. The number of esters is 3. The summed E-state index contributed by atoms with van der Waals surface area (Å²) in [7, 11) is 9.54. The third-order valence-corrected chi connectivity index (χ3v) is 15.6. The van der Waals surface area contributed by atoms with Gasteiger partial charge in [-0.2, -0.15) is 0 Å². The van der Waals surface area contributed by atoms with E-state index in [1.807, 2.05) is 18.2 Å². The Morgan fingerprint density at radius 2 is 0.758 bits per heavy atom. The van der Waals surface area contributed by atoms with Crippen LogP contribution in [0.4, 0.5) is 9.59 Å². The van der Waals surface area contributed by atoms with Crippen LogP contribution in [0.2, 0.25) is 0 Å². The summed E-state index contributed by atoms with van der Waals surface area (Å²) in [4.78, 5) is 104. The molecule has 9 atom stereocenters. The Kier molecular flexibility index (Phi) is 32.5. The van der Waals surface area contributed by atoms with Gasteiger partial charge in [0.1, 0.15) is 46.7 Å². The van der Waals surface area contributed by atoms with Crippen LogP contribution in [-0.2, 0) is 66.7 Å². The summed E-state index contributed by atoms with van der Waals surface area (Å²) < 4.78 is 75.8. The first-order valence-electron chi connectivity index (χ1n) is 32.3. The predicted octanol–water partition coefficient (Wildman–Crippen LogP) is 10.1. The van der Waals surface area contributed by atoms with Crippen molar-refractivity contribution in [2.24, 2.45) is 17.8 Å². The highest BCUT2D eigenvalue weighted by Crippen LogP contribution is 2.47. The maximum atomic E-state index is 13.3. The molecule has 3 fully saturated rings. The first-order valence-corrected chi connectivity index (χ1v) is 32.3. The van der Waals surface area contributed by atoms with E-state index in [1.165, 1.54) is 37.9 Å². The number of methoxy groups -OCH3 is 6. The molecule has 1 N–H and O–H groups in total. The van der Waals surface area contributed by atoms with Gasteiger partial charge in [0, 0.05) is 84.2 Å². The highest BCUT2D eigenvalue weighted by atomic mass is 16.6. The maximum absolute atomic E-state index is 13.3. The summed E-state index contributed by atoms with van der Waals surface area (Å²) in [6, 6.07) is 12.0. The summed E-state index contributed by atoms with van der Waals surface area (Å²) in [6.45, 7) is 23.8. The van der Waals surface area contributed by atoms with Gasteiger partial charge in [-0.3, -0.25) is 34.3 Å². The lowest BCUT2D eigenvalue weighted by Gasteiger charge is -2.33. The molecule has 6 rings (SSSR count). The number of hydrogen-bond donors (Lipinski definition) is 1.